The summed E-state index contributed by atoms with van der Waals surface area (Å²) in [6.45, 7) is 2.69. The summed E-state index contributed by atoms with van der Waals surface area (Å²) in [5.74, 6) is 0.885. The topological polar surface area (TPSA) is 51.2 Å². The number of nitrogens with one attached hydrogen (secondary N) is 1. The molecule has 0 aliphatic rings. The molecule has 17 heavy (non-hydrogen) atoms. The molecule has 2 aromatic rings. The van der Waals surface area contributed by atoms with Gasteiger partial charge in [0.15, 0.2) is 0 Å². The van der Waals surface area contributed by atoms with Gasteiger partial charge in [-0.2, -0.15) is 0 Å². The summed E-state index contributed by atoms with van der Waals surface area (Å²) in [6, 6.07) is 7.64. The maximum absolute atomic E-state index is 6.07. The Labute approximate surface area is 106 Å². The molecule has 0 aliphatic carbocycles. The molecule has 1 aromatic heterocycles. The first-order valence-corrected chi connectivity index (χ1v) is 5.92. The molecule has 0 fully saturated rings. The van der Waals surface area contributed by atoms with E-state index in [-0.39, 0.29) is 0 Å². The number of nitrogens with two attached hydrogens (primary N) is 1. The molecule has 0 saturated carbocycles. The molecule has 3 nitrogen and oxygen atoms in total. The zero-order chi connectivity index (χ0) is 12.3. The fraction of sp³-hybridized carbons (Fsp3) is 0.231. The zero-order valence-corrected chi connectivity index (χ0v) is 10.4. The summed E-state index contributed by atoms with van der Waals surface area (Å²) in [5.41, 5.74) is 8.55. The molecule has 90 valence electrons. The standard InChI is InChI=1S/C13H15ClN2O/c1-2-9-6-10(7-12(14)13(9)15)16-8-11-4-3-5-17-11/h3-7,16H,2,8,15H2,1H3. The van der Waals surface area contributed by atoms with Gasteiger partial charge in [-0.1, -0.05) is 18.5 Å². The molecule has 0 radical (unpaired) electrons. The Kier molecular flexibility index (Phi) is 3.59. The second-order valence-electron chi connectivity index (χ2n) is 3.82. The summed E-state index contributed by atoms with van der Waals surface area (Å²) in [5, 5.41) is 3.85. The third kappa shape index (κ3) is 2.74. The predicted molar refractivity (Wildman–Crippen MR) is 71.3 cm³/mol. The number of halogens is 1. The molecule has 1 heterocycles. The first-order chi connectivity index (χ1) is 8.20. The molecule has 0 bridgehead atoms. The van der Waals surface area contributed by atoms with E-state index in [4.69, 9.17) is 21.8 Å². The van der Waals surface area contributed by atoms with Crippen LogP contribution >= 0.6 is 11.6 Å². The van der Waals surface area contributed by atoms with Gasteiger partial charge in [-0.3, -0.25) is 0 Å². The van der Waals surface area contributed by atoms with Crippen LogP contribution in [0.4, 0.5) is 11.4 Å². The van der Waals surface area contributed by atoms with Crippen molar-refractivity contribution >= 4 is 23.0 Å². The number of furan rings is 1. The maximum Gasteiger partial charge on any atom is 0.122 e. The van der Waals surface area contributed by atoms with Crippen molar-refractivity contribution in [2.45, 2.75) is 19.9 Å². The van der Waals surface area contributed by atoms with Crippen LogP contribution in [0.1, 0.15) is 18.2 Å². The van der Waals surface area contributed by atoms with Gasteiger partial charge in [0.2, 0.25) is 0 Å². The van der Waals surface area contributed by atoms with E-state index in [2.05, 4.69) is 12.2 Å². The van der Waals surface area contributed by atoms with Crippen molar-refractivity contribution in [3.05, 3.63) is 46.9 Å². The van der Waals surface area contributed by atoms with Crippen molar-refractivity contribution in [1.82, 2.24) is 0 Å². The third-order valence-corrected chi connectivity index (χ3v) is 2.96. The maximum atomic E-state index is 6.07. The van der Waals surface area contributed by atoms with Crippen LogP contribution < -0.4 is 11.1 Å². The average Bonchev–Trinajstić information content (AvgIpc) is 2.83. The Morgan fingerprint density at radius 3 is 2.88 bits per heavy atom. The lowest BCUT2D eigenvalue weighted by atomic mass is 10.1. The molecule has 0 spiro atoms. The van der Waals surface area contributed by atoms with Crippen LogP contribution in [0.2, 0.25) is 5.02 Å². The first kappa shape index (κ1) is 11.9. The summed E-state index contributed by atoms with van der Waals surface area (Å²) in [4.78, 5) is 0. The molecular weight excluding hydrogens is 236 g/mol. The second-order valence-corrected chi connectivity index (χ2v) is 4.22. The van der Waals surface area contributed by atoms with Crippen molar-refractivity contribution < 1.29 is 4.42 Å². The number of hydrogen-bond donors (Lipinski definition) is 2. The van der Waals surface area contributed by atoms with Crippen LogP contribution in [0.5, 0.6) is 0 Å². The lowest BCUT2D eigenvalue weighted by molar-refractivity contribution is 0.518. The minimum absolute atomic E-state index is 0.589. The summed E-state index contributed by atoms with van der Waals surface area (Å²) in [6.07, 6.45) is 2.52. The minimum Gasteiger partial charge on any atom is -0.467 e. The molecule has 3 N–H and O–H groups in total. The molecule has 0 atom stereocenters. The smallest absolute Gasteiger partial charge is 0.122 e. The average molecular weight is 251 g/mol. The molecular formula is C13H15ClN2O. The van der Waals surface area contributed by atoms with E-state index < -0.39 is 0 Å². The van der Waals surface area contributed by atoms with Gasteiger partial charge in [-0.15, -0.1) is 0 Å². The lowest BCUT2D eigenvalue weighted by Gasteiger charge is -2.10. The molecule has 2 rings (SSSR count). The summed E-state index contributed by atoms with van der Waals surface area (Å²) >= 11 is 6.07. The van der Waals surface area contributed by atoms with E-state index in [0.29, 0.717) is 17.3 Å². The molecule has 4 heteroatoms. The van der Waals surface area contributed by atoms with Gasteiger partial charge in [0, 0.05) is 5.69 Å². The molecule has 0 unspecified atom stereocenters. The first-order valence-electron chi connectivity index (χ1n) is 5.55. The van der Waals surface area contributed by atoms with E-state index in [1.165, 1.54) is 0 Å². The van der Waals surface area contributed by atoms with Gasteiger partial charge in [-0.25, -0.2) is 0 Å². The monoisotopic (exact) mass is 250 g/mol. The van der Waals surface area contributed by atoms with Crippen LogP contribution in [0.15, 0.2) is 34.9 Å². The zero-order valence-electron chi connectivity index (χ0n) is 9.66. The van der Waals surface area contributed by atoms with Crippen molar-refractivity contribution in [3.8, 4) is 0 Å². The van der Waals surface area contributed by atoms with Crippen LogP contribution in [-0.4, -0.2) is 0 Å². The van der Waals surface area contributed by atoms with E-state index in [1.54, 1.807) is 6.26 Å². The Hall–Kier alpha value is -1.61. The molecule has 0 saturated heterocycles. The van der Waals surface area contributed by atoms with Crippen LogP contribution in [0.25, 0.3) is 0 Å². The number of aryl methyl sites for hydroxylation is 1. The minimum atomic E-state index is 0.589. The van der Waals surface area contributed by atoms with Crippen molar-refractivity contribution in [3.63, 3.8) is 0 Å². The Balaban J connectivity index is 2.13. The highest BCUT2D eigenvalue weighted by Crippen LogP contribution is 2.28. The number of benzene rings is 1. The Morgan fingerprint density at radius 1 is 1.41 bits per heavy atom. The Morgan fingerprint density at radius 2 is 2.24 bits per heavy atom. The third-order valence-electron chi connectivity index (χ3n) is 2.64. The van der Waals surface area contributed by atoms with Crippen molar-refractivity contribution in [1.29, 1.82) is 0 Å². The highest BCUT2D eigenvalue weighted by atomic mass is 35.5. The number of rotatable bonds is 4. The van der Waals surface area contributed by atoms with Gasteiger partial charge in [0.25, 0.3) is 0 Å². The van der Waals surface area contributed by atoms with E-state index >= 15 is 0 Å². The summed E-state index contributed by atoms with van der Waals surface area (Å²) < 4.78 is 5.25. The highest BCUT2D eigenvalue weighted by molar-refractivity contribution is 6.33. The van der Waals surface area contributed by atoms with Crippen molar-refractivity contribution in [2.24, 2.45) is 0 Å². The van der Waals surface area contributed by atoms with Crippen LogP contribution in [-0.2, 0) is 13.0 Å². The fourth-order valence-electron chi connectivity index (χ4n) is 1.67. The molecule has 1 aromatic carbocycles. The number of hydrogen-bond acceptors (Lipinski definition) is 3. The van der Waals surface area contributed by atoms with E-state index in [9.17, 15) is 0 Å². The van der Waals surface area contributed by atoms with Gasteiger partial charge in [-0.05, 0) is 36.2 Å². The Bertz CT molecular complexity index is 494. The van der Waals surface area contributed by atoms with E-state index in [1.807, 2.05) is 24.3 Å². The SMILES string of the molecule is CCc1cc(NCc2ccco2)cc(Cl)c1N. The lowest BCUT2D eigenvalue weighted by Crippen LogP contribution is -2.01. The predicted octanol–water partition coefficient (Wildman–Crippen LogP) is 3.69. The molecule has 0 aliphatic heterocycles. The molecule has 0 amide bonds. The van der Waals surface area contributed by atoms with Gasteiger partial charge in [0.1, 0.15) is 5.76 Å². The van der Waals surface area contributed by atoms with E-state index in [0.717, 1.165) is 23.4 Å². The van der Waals surface area contributed by atoms with Gasteiger partial charge >= 0.3 is 0 Å². The normalized spacial score (nSPS) is 10.5. The van der Waals surface area contributed by atoms with Gasteiger partial charge in [0.05, 0.1) is 23.5 Å². The van der Waals surface area contributed by atoms with Gasteiger partial charge < -0.3 is 15.5 Å². The highest BCUT2D eigenvalue weighted by Gasteiger charge is 2.05. The second kappa shape index (κ2) is 5.15. The quantitative estimate of drug-likeness (QED) is 0.814. The fourth-order valence-corrected chi connectivity index (χ4v) is 1.91. The number of nitrogen functional groups attached to an aromatic ring is 1. The van der Waals surface area contributed by atoms with Crippen LogP contribution in [0.3, 0.4) is 0 Å². The van der Waals surface area contributed by atoms with Crippen LogP contribution in [0, 0.1) is 0 Å². The largest absolute Gasteiger partial charge is 0.467 e. The van der Waals surface area contributed by atoms with Crippen molar-refractivity contribution in [2.75, 3.05) is 11.1 Å². The number of anilines is 2. The summed E-state index contributed by atoms with van der Waals surface area (Å²) in [7, 11) is 0.